The van der Waals surface area contributed by atoms with Crippen LogP contribution in [-0.2, 0) is 19.6 Å². The van der Waals surface area contributed by atoms with Gasteiger partial charge in [0.25, 0.3) is 5.91 Å². The van der Waals surface area contributed by atoms with Crippen LogP contribution in [-0.4, -0.2) is 91.2 Å². The number of hydrogen-bond acceptors (Lipinski definition) is 8. The molecule has 1 saturated heterocycles. The summed E-state index contributed by atoms with van der Waals surface area (Å²) in [6.45, 7) is 0.617. The number of nitrogens with zero attached hydrogens (tertiary/aromatic N) is 3. The molecule has 3 fully saturated rings. The molecule has 4 amide bonds. The van der Waals surface area contributed by atoms with Crippen LogP contribution in [0, 0.1) is 5.92 Å². The second-order valence-corrected chi connectivity index (χ2v) is 14.4. The molecule has 12 nitrogen and oxygen atoms in total. The Morgan fingerprint density at radius 1 is 1.20 bits per heavy atom. The number of fused-ring (bicyclic) bond motifs is 3. The number of carbonyl (C=O) groups is 3. The van der Waals surface area contributed by atoms with Crippen molar-refractivity contribution in [2.75, 3.05) is 27.2 Å². The van der Waals surface area contributed by atoms with E-state index < -0.39 is 44.8 Å². The molecule has 1 aromatic carbocycles. The number of allylic oxidation sites excluding steroid dienone is 1. The zero-order valence-corrected chi connectivity index (χ0v) is 26.2. The van der Waals surface area contributed by atoms with Gasteiger partial charge < -0.3 is 24.6 Å². The van der Waals surface area contributed by atoms with Crippen molar-refractivity contribution < 1.29 is 32.3 Å². The van der Waals surface area contributed by atoms with Gasteiger partial charge in [-0.3, -0.25) is 14.3 Å². The molecule has 1 aromatic heterocycles. The summed E-state index contributed by atoms with van der Waals surface area (Å²) in [5, 5.41) is 3.94. The number of nitrogens with one attached hydrogen (secondary N) is 2. The number of sulfonamides is 1. The summed E-state index contributed by atoms with van der Waals surface area (Å²) in [6.07, 6.45) is 6.97. The van der Waals surface area contributed by atoms with Crippen LogP contribution in [0.5, 0.6) is 11.6 Å². The Morgan fingerprint density at radius 2 is 2.00 bits per heavy atom. The molecule has 4 atom stereocenters. The van der Waals surface area contributed by atoms with Gasteiger partial charge in [0, 0.05) is 31.3 Å². The Morgan fingerprint density at radius 3 is 2.75 bits per heavy atom. The molecule has 14 heteroatoms. The molecular weight excluding hydrogens is 610 g/mol. The van der Waals surface area contributed by atoms with Crippen LogP contribution < -0.4 is 19.5 Å². The molecule has 0 radical (unpaired) electrons. The van der Waals surface area contributed by atoms with Gasteiger partial charge >= 0.3 is 6.03 Å². The molecular formula is C30H36ClN5O7S. The van der Waals surface area contributed by atoms with Gasteiger partial charge in [0.05, 0.1) is 18.9 Å². The standard InChI is InChI=1S/C30H36ClN5O7S/c1-35-12-6-4-3-5-7-19-16-30(19,28(38)34-44(40,41)22-9-10-22)33-26(37)24-15-21(17-36(24)29(35)39)43-27-23-11-8-20(42-2)13-18(23)14-25(31)32-27/h5,7-8,11,13-14,19,21-22,24H,3-4,6,9-10,12,15-17H2,1-2H3,(H,33,37)(H,34,38)/b7-5-. The summed E-state index contributed by atoms with van der Waals surface area (Å²) in [4.78, 5) is 48.4. The number of methoxy groups -OCH3 is 1. The predicted molar refractivity (Wildman–Crippen MR) is 163 cm³/mol. The average molecular weight is 646 g/mol. The van der Waals surface area contributed by atoms with E-state index in [-0.39, 0.29) is 42.4 Å². The first-order chi connectivity index (χ1) is 21.0. The third-order valence-electron chi connectivity index (χ3n) is 8.84. The van der Waals surface area contributed by atoms with E-state index in [0.29, 0.717) is 30.5 Å². The minimum atomic E-state index is -3.82. The van der Waals surface area contributed by atoms with Gasteiger partial charge in [-0.25, -0.2) is 18.2 Å². The van der Waals surface area contributed by atoms with E-state index in [4.69, 9.17) is 21.1 Å². The summed E-state index contributed by atoms with van der Waals surface area (Å²) in [6, 6.07) is 5.80. The highest BCUT2D eigenvalue weighted by Crippen LogP contribution is 2.46. The van der Waals surface area contributed by atoms with Gasteiger partial charge in [0.15, 0.2) is 0 Å². The minimum absolute atomic E-state index is 0.103. The summed E-state index contributed by atoms with van der Waals surface area (Å²) in [7, 11) is -0.557. The van der Waals surface area contributed by atoms with E-state index in [2.05, 4.69) is 15.0 Å². The Bertz CT molecular complexity index is 1630. The van der Waals surface area contributed by atoms with Crippen molar-refractivity contribution in [1.82, 2.24) is 24.8 Å². The fraction of sp³-hybridized carbons (Fsp3) is 0.533. The molecule has 3 heterocycles. The van der Waals surface area contributed by atoms with Crippen LogP contribution in [0.1, 0.15) is 44.9 Å². The number of urea groups is 1. The van der Waals surface area contributed by atoms with E-state index >= 15 is 0 Å². The van der Waals surface area contributed by atoms with Crippen molar-refractivity contribution in [1.29, 1.82) is 0 Å². The van der Waals surface area contributed by atoms with Crippen molar-refractivity contribution >= 4 is 50.2 Å². The third kappa shape index (κ3) is 6.03. The minimum Gasteiger partial charge on any atom is -0.497 e. The highest BCUT2D eigenvalue weighted by molar-refractivity contribution is 7.91. The monoisotopic (exact) mass is 645 g/mol. The van der Waals surface area contributed by atoms with Crippen LogP contribution in [0.4, 0.5) is 4.79 Å². The lowest BCUT2D eigenvalue weighted by Crippen LogP contribution is -2.57. The molecule has 6 rings (SSSR count). The van der Waals surface area contributed by atoms with Crippen molar-refractivity contribution in [3.63, 3.8) is 0 Å². The van der Waals surface area contributed by atoms with Crippen LogP contribution in [0.15, 0.2) is 36.4 Å². The van der Waals surface area contributed by atoms with E-state index in [0.717, 1.165) is 24.6 Å². The van der Waals surface area contributed by atoms with Gasteiger partial charge in [-0.15, -0.1) is 0 Å². The zero-order valence-electron chi connectivity index (χ0n) is 24.6. The van der Waals surface area contributed by atoms with E-state index in [1.54, 1.807) is 31.2 Å². The quantitative estimate of drug-likeness (QED) is 0.360. The number of benzene rings is 1. The van der Waals surface area contributed by atoms with Gasteiger partial charge in [-0.1, -0.05) is 23.8 Å². The highest BCUT2D eigenvalue weighted by Gasteiger charge is 2.62. The third-order valence-corrected chi connectivity index (χ3v) is 10.8. The Labute approximate surface area is 261 Å². The first kappa shape index (κ1) is 30.4. The molecule has 4 unspecified atom stereocenters. The normalized spacial score (nSPS) is 28.4. The first-order valence-electron chi connectivity index (χ1n) is 14.9. The number of aromatic nitrogens is 1. The summed E-state index contributed by atoms with van der Waals surface area (Å²) < 4.78 is 39.1. The van der Waals surface area contributed by atoms with Crippen molar-refractivity contribution in [3.8, 4) is 11.6 Å². The molecule has 44 heavy (non-hydrogen) atoms. The lowest BCUT2D eigenvalue weighted by Gasteiger charge is -2.30. The fourth-order valence-electron chi connectivity index (χ4n) is 6.04. The first-order valence-corrected chi connectivity index (χ1v) is 16.8. The maximum absolute atomic E-state index is 13.9. The van der Waals surface area contributed by atoms with Gasteiger partial charge in [0.1, 0.15) is 28.6 Å². The SMILES string of the molecule is COc1ccc2c(OC3CC4C(=O)NC5(C(=O)NS(=O)(=O)C6CC6)CC5/C=C\CCCCN(C)C(=O)N4C3)nc(Cl)cc2c1. The molecule has 2 N–H and O–H groups in total. The van der Waals surface area contributed by atoms with Crippen molar-refractivity contribution in [2.45, 2.75) is 67.9 Å². The molecule has 0 spiro atoms. The maximum atomic E-state index is 13.9. The topological polar surface area (TPSA) is 147 Å². The van der Waals surface area contributed by atoms with Crippen molar-refractivity contribution in [2.24, 2.45) is 5.92 Å². The summed E-state index contributed by atoms with van der Waals surface area (Å²) in [5.74, 6) is -0.739. The van der Waals surface area contributed by atoms with Crippen LogP contribution in [0.3, 0.4) is 0 Å². The second kappa shape index (κ2) is 11.7. The number of rotatable bonds is 6. The Balaban J connectivity index is 1.28. The Hall–Kier alpha value is -3.58. The fourth-order valence-corrected chi connectivity index (χ4v) is 7.60. The smallest absolute Gasteiger partial charge is 0.320 e. The van der Waals surface area contributed by atoms with Crippen molar-refractivity contribution in [3.05, 3.63) is 41.6 Å². The second-order valence-electron chi connectivity index (χ2n) is 12.1. The number of pyridine rings is 1. The summed E-state index contributed by atoms with van der Waals surface area (Å²) >= 11 is 6.31. The van der Waals surface area contributed by atoms with Crippen LogP contribution in [0.25, 0.3) is 10.8 Å². The van der Waals surface area contributed by atoms with E-state index in [9.17, 15) is 22.8 Å². The molecule has 0 bridgehead atoms. The molecule has 236 valence electrons. The van der Waals surface area contributed by atoms with Gasteiger partial charge in [0.2, 0.25) is 21.8 Å². The highest BCUT2D eigenvalue weighted by atomic mass is 35.5. The van der Waals surface area contributed by atoms with Gasteiger partial charge in [-0.05, 0) is 68.2 Å². The average Bonchev–Trinajstić information content (AvgIpc) is 3.91. The molecule has 2 saturated carbocycles. The molecule has 2 aromatic rings. The molecule has 4 aliphatic rings. The lowest BCUT2D eigenvalue weighted by molar-refractivity contribution is -0.131. The number of carbonyl (C=O) groups excluding carboxylic acids is 3. The molecule has 2 aliphatic carbocycles. The lowest BCUT2D eigenvalue weighted by atomic mass is 10.1. The number of halogens is 1. The summed E-state index contributed by atoms with van der Waals surface area (Å²) in [5.41, 5.74) is -1.41. The largest absolute Gasteiger partial charge is 0.497 e. The van der Waals surface area contributed by atoms with Crippen LogP contribution in [0.2, 0.25) is 5.15 Å². The van der Waals surface area contributed by atoms with Crippen LogP contribution >= 0.6 is 11.6 Å². The van der Waals surface area contributed by atoms with Gasteiger partial charge in [-0.2, -0.15) is 0 Å². The van der Waals surface area contributed by atoms with E-state index in [1.807, 2.05) is 24.3 Å². The Kier molecular flexibility index (Phi) is 8.12. The zero-order chi connectivity index (χ0) is 31.2. The number of ether oxygens (including phenoxy) is 2. The predicted octanol–water partition coefficient (Wildman–Crippen LogP) is 2.99. The number of amides is 4. The van der Waals surface area contributed by atoms with E-state index in [1.165, 1.54) is 4.90 Å². The maximum Gasteiger partial charge on any atom is 0.320 e. The molecule has 2 aliphatic heterocycles. The number of hydrogen-bond donors (Lipinski definition) is 2.